The molecular formula is C11H20N2OS. The van der Waals surface area contributed by atoms with Crippen molar-refractivity contribution in [1.82, 2.24) is 5.32 Å². The van der Waals surface area contributed by atoms with Crippen LogP contribution in [0.15, 0.2) is 30.4 Å². The number of nitrogens with zero attached hydrogens (tertiary/aromatic N) is 1. The van der Waals surface area contributed by atoms with Gasteiger partial charge in [-0.2, -0.15) is 0 Å². The molecule has 0 radical (unpaired) electrons. The smallest absolute Gasteiger partial charge is 0.147 e. The van der Waals surface area contributed by atoms with Crippen LogP contribution in [-0.2, 0) is 4.79 Å². The van der Waals surface area contributed by atoms with Crippen LogP contribution in [0.2, 0.25) is 0 Å². The number of nitrogens with one attached hydrogen (secondary N) is 1. The van der Waals surface area contributed by atoms with E-state index in [4.69, 9.17) is 0 Å². The first-order valence-corrected chi connectivity index (χ1v) is 5.81. The Bertz CT molecular complexity index is 227. The van der Waals surface area contributed by atoms with Crippen molar-refractivity contribution in [3.8, 4) is 0 Å². The van der Waals surface area contributed by atoms with Crippen LogP contribution >= 0.6 is 11.8 Å². The average Bonchev–Trinajstić information content (AvgIpc) is 2.25. The predicted molar refractivity (Wildman–Crippen MR) is 70.5 cm³/mol. The van der Waals surface area contributed by atoms with E-state index >= 15 is 0 Å². The normalized spacial score (nSPS) is 11.7. The third-order valence-electron chi connectivity index (χ3n) is 1.62. The van der Waals surface area contributed by atoms with E-state index in [1.165, 1.54) is 11.8 Å². The second-order valence-electron chi connectivity index (χ2n) is 2.69. The number of carbonyl (C=O) groups is 1. The van der Waals surface area contributed by atoms with Gasteiger partial charge >= 0.3 is 0 Å². The van der Waals surface area contributed by atoms with E-state index in [1.807, 2.05) is 6.26 Å². The van der Waals surface area contributed by atoms with Crippen LogP contribution in [0.4, 0.5) is 0 Å². The Labute approximate surface area is 96.7 Å². The van der Waals surface area contributed by atoms with Crippen LogP contribution in [0.1, 0.15) is 13.3 Å². The molecule has 1 unspecified atom stereocenters. The van der Waals surface area contributed by atoms with Gasteiger partial charge in [-0.25, -0.2) is 0 Å². The first-order chi connectivity index (χ1) is 7.11. The van der Waals surface area contributed by atoms with Crippen LogP contribution in [0.5, 0.6) is 0 Å². The van der Waals surface area contributed by atoms with E-state index in [0.29, 0.717) is 6.42 Å². The molecule has 0 aromatic rings. The molecule has 0 amide bonds. The zero-order valence-electron chi connectivity index (χ0n) is 9.75. The Kier molecular flexibility index (Phi) is 12.4. The molecule has 1 atom stereocenters. The van der Waals surface area contributed by atoms with Gasteiger partial charge in [0.25, 0.3) is 0 Å². The van der Waals surface area contributed by atoms with Gasteiger partial charge in [0.2, 0.25) is 0 Å². The van der Waals surface area contributed by atoms with Gasteiger partial charge in [0.05, 0.1) is 11.6 Å². The molecule has 0 saturated heterocycles. The predicted octanol–water partition coefficient (Wildman–Crippen LogP) is 2.26. The standard InChI is InChI=1S/C9H16N2OS.C2H4/c1-7(11-6-13-4)5-9(10-3)8(2)12;1-2/h6,9-10H,1,5H2,2-4H3;1-2H2. The number of likely N-dealkylation sites (N-methyl/N-ethyl adjacent to an activating group) is 1. The molecule has 4 heteroatoms. The zero-order chi connectivity index (χ0) is 12.3. The quantitative estimate of drug-likeness (QED) is 0.431. The summed E-state index contributed by atoms with van der Waals surface area (Å²) in [4.78, 5) is 15.1. The Morgan fingerprint density at radius 1 is 1.60 bits per heavy atom. The molecule has 3 nitrogen and oxygen atoms in total. The minimum absolute atomic E-state index is 0.114. The lowest BCUT2D eigenvalue weighted by atomic mass is 10.1. The van der Waals surface area contributed by atoms with Gasteiger partial charge in [0, 0.05) is 12.1 Å². The number of ketones is 1. The molecule has 0 aliphatic heterocycles. The lowest BCUT2D eigenvalue weighted by molar-refractivity contribution is -0.118. The molecule has 0 aliphatic rings. The van der Waals surface area contributed by atoms with Crippen LogP contribution < -0.4 is 5.32 Å². The topological polar surface area (TPSA) is 41.5 Å². The first kappa shape index (κ1) is 16.6. The van der Waals surface area contributed by atoms with Gasteiger partial charge in [-0.15, -0.1) is 24.9 Å². The summed E-state index contributed by atoms with van der Waals surface area (Å²) in [6.07, 6.45) is 2.50. The van der Waals surface area contributed by atoms with E-state index in [0.717, 1.165) is 5.70 Å². The molecular weight excluding hydrogens is 208 g/mol. The summed E-state index contributed by atoms with van der Waals surface area (Å²) in [7, 11) is 1.76. The average molecular weight is 228 g/mol. The minimum atomic E-state index is -0.161. The number of aliphatic imine (C=N–C) groups is 1. The summed E-state index contributed by atoms with van der Waals surface area (Å²) >= 11 is 1.52. The van der Waals surface area contributed by atoms with Gasteiger partial charge in [-0.3, -0.25) is 9.79 Å². The Morgan fingerprint density at radius 3 is 2.47 bits per heavy atom. The maximum atomic E-state index is 11.0. The highest BCUT2D eigenvalue weighted by Gasteiger charge is 2.11. The second-order valence-corrected chi connectivity index (χ2v) is 3.37. The third-order valence-corrected chi connectivity index (χ3v) is 1.94. The fourth-order valence-corrected chi connectivity index (χ4v) is 1.12. The van der Waals surface area contributed by atoms with Crippen molar-refractivity contribution in [1.29, 1.82) is 0 Å². The van der Waals surface area contributed by atoms with Crippen LogP contribution in [0.3, 0.4) is 0 Å². The van der Waals surface area contributed by atoms with Gasteiger partial charge in [0.1, 0.15) is 5.78 Å². The van der Waals surface area contributed by atoms with Gasteiger partial charge in [-0.1, -0.05) is 6.58 Å². The molecule has 0 fully saturated rings. The molecule has 0 bridgehead atoms. The van der Waals surface area contributed by atoms with Crippen molar-refractivity contribution in [2.75, 3.05) is 13.3 Å². The SMILES string of the molecule is C=C.C=C(CC(NC)C(C)=O)N=CSC. The van der Waals surface area contributed by atoms with Crippen molar-refractivity contribution >= 4 is 23.1 Å². The summed E-state index contributed by atoms with van der Waals surface area (Å²) in [5, 5.41) is 2.92. The van der Waals surface area contributed by atoms with Crippen molar-refractivity contribution in [3.63, 3.8) is 0 Å². The van der Waals surface area contributed by atoms with E-state index in [-0.39, 0.29) is 11.8 Å². The summed E-state index contributed by atoms with van der Waals surface area (Å²) in [6.45, 7) is 11.3. The Balaban J connectivity index is 0. The van der Waals surface area contributed by atoms with E-state index in [1.54, 1.807) is 19.5 Å². The number of rotatable bonds is 6. The number of Topliss-reactive ketones (excluding diaryl/α,β-unsaturated/α-hetero) is 1. The summed E-state index contributed by atoms with van der Waals surface area (Å²) < 4.78 is 0. The van der Waals surface area contributed by atoms with E-state index in [9.17, 15) is 4.79 Å². The highest BCUT2D eigenvalue weighted by molar-refractivity contribution is 8.11. The largest absolute Gasteiger partial charge is 0.310 e. The van der Waals surface area contributed by atoms with E-state index in [2.05, 4.69) is 30.0 Å². The first-order valence-electron chi connectivity index (χ1n) is 4.52. The molecule has 0 saturated carbocycles. The second kappa shape index (κ2) is 11.2. The number of carbonyl (C=O) groups excluding carboxylic acids is 1. The van der Waals surface area contributed by atoms with Crippen molar-refractivity contribution in [2.45, 2.75) is 19.4 Å². The monoisotopic (exact) mass is 228 g/mol. The molecule has 15 heavy (non-hydrogen) atoms. The Hall–Kier alpha value is -0.870. The fraction of sp³-hybridized carbons (Fsp3) is 0.455. The third kappa shape index (κ3) is 9.43. The lowest BCUT2D eigenvalue weighted by Crippen LogP contribution is -2.32. The number of hydrogen-bond donors (Lipinski definition) is 1. The molecule has 86 valence electrons. The summed E-state index contributed by atoms with van der Waals surface area (Å²) in [5.41, 5.74) is 2.44. The van der Waals surface area contributed by atoms with E-state index < -0.39 is 0 Å². The number of hydrogen-bond acceptors (Lipinski definition) is 4. The van der Waals surface area contributed by atoms with Crippen molar-refractivity contribution in [3.05, 3.63) is 25.4 Å². The van der Waals surface area contributed by atoms with Crippen LogP contribution in [-0.4, -0.2) is 30.7 Å². The maximum Gasteiger partial charge on any atom is 0.147 e. The molecule has 0 rings (SSSR count). The molecule has 0 aromatic carbocycles. The maximum absolute atomic E-state index is 11.0. The Morgan fingerprint density at radius 2 is 2.13 bits per heavy atom. The highest BCUT2D eigenvalue weighted by Crippen LogP contribution is 2.05. The molecule has 1 N–H and O–H groups in total. The number of thioether (sulfide) groups is 1. The van der Waals surface area contributed by atoms with Gasteiger partial charge in [-0.05, 0) is 20.2 Å². The lowest BCUT2D eigenvalue weighted by Gasteiger charge is -2.11. The molecule has 0 heterocycles. The fourth-order valence-electron chi connectivity index (χ4n) is 0.865. The summed E-state index contributed by atoms with van der Waals surface area (Å²) in [5.74, 6) is 0.114. The molecule has 0 aliphatic carbocycles. The van der Waals surface area contributed by atoms with Gasteiger partial charge < -0.3 is 5.32 Å². The van der Waals surface area contributed by atoms with Crippen LogP contribution in [0.25, 0.3) is 0 Å². The summed E-state index contributed by atoms with van der Waals surface area (Å²) in [6, 6.07) is -0.161. The van der Waals surface area contributed by atoms with Crippen molar-refractivity contribution in [2.24, 2.45) is 4.99 Å². The van der Waals surface area contributed by atoms with Gasteiger partial charge in [0.15, 0.2) is 0 Å². The molecule has 0 aromatic heterocycles. The highest BCUT2D eigenvalue weighted by atomic mass is 32.2. The van der Waals surface area contributed by atoms with Crippen molar-refractivity contribution < 1.29 is 4.79 Å². The minimum Gasteiger partial charge on any atom is -0.310 e. The zero-order valence-corrected chi connectivity index (χ0v) is 10.6. The van der Waals surface area contributed by atoms with Crippen LogP contribution in [0, 0.1) is 0 Å². The molecule has 0 spiro atoms.